The highest BCUT2D eigenvalue weighted by Gasteiger charge is 2.14. The number of halogens is 1. The summed E-state index contributed by atoms with van der Waals surface area (Å²) in [4.78, 5) is 11.9. The van der Waals surface area contributed by atoms with Crippen LogP contribution < -0.4 is 9.46 Å². The summed E-state index contributed by atoms with van der Waals surface area (Å²) in [5.74, 6) is 0.114. The van der Waals surface area contributed by atoms with Gasteiger partial charge in [0.2, 0.25) is 10.0 Å². The van der Waals surface area contributed by atoms with Crippen LogP contribution in [0.25, 0.3) is 0 Å². The lowest BCUT2D eigenvalue weighted by Gasteiger charge is -2.09. The van der Waals surface area contributed by atoms with E-state index in [0.29, 0.717) is 10.8 Å². The van der Waals surface area contributed by atoms with Crippen LogP contribution in [-0.2, 0) is 26.2 Å². The van der Waals surface area contributed by atoms with Crippen molar-refractivity contribution in [2.75, 3.05) is 13.7 Å². The van der Waals surface area contributed by atoms with E-state index in [-0.39, 0.29) is 24.5 Å². The summed E-state index contributed by atoms with van der Waals surface area (Å²) in [6.07, 6.45) is -0.0814. The molecular weight excluding hydrogens is 366 g/mol. The second-order valence-electron chi connectivity index (χ2n) is 5.07. The molecule has 6 nitrogen and oxygen atoms in total. The fourth-order valence-electron chi connectivity index (χ4n) is 2.04. The lowest BCUT2D eigenvalue weighted by atomic mass is 10.2. The molecular formula is C17H18ClNO5S. The Kier molecular flexibility index (Phi) is 6.81. The molecule has 2 rings (SSSR count). The molecule has 0 bridgehead atoms. The maximum Gasteiger partial charge on any atom is 0.307 e. The summed E-state index contributed by atoms with van der Waals surface area (Å²) in [6.45, 7) is 0.00248. The molecule has 1 N–H and O–H groups in total. The molecule has 0 aliphatic rings. The third-order valence-electron chi connectivity index (χ3n) is 3.33. The number of methoxy groups -OCH3 is 1. The van der Waals surface area contributed by atoms with Crippen LogP contribution >= 0.6 is 11.6 Å². The maximum absolute atomic E-state index is 12.1. The first-order valence-corrected chi connectivity index (χ1v) is 9.31. The van der Waals surface area contributed by atoms with Crippen molar-refractivity contribution in [2.24, 2.45) is 0 Å². The van der Waals surface area contributed by atoms with Crippen LogP contribution in [0.5, 0.6) is 5.75 Å². The minimum absolute atomic E-state index is 0.0598. The van der Waals surface area contributed by atoms with Crippen molar-refractivity contribution in [1.29, 1.82) is 0 Å². The number of carbonyl (C=O) groups excluding carboxylic acids is 1. The van der Waals surface area contributed by atoms with E-state index in [1.54, 1.807) is 12.1 Å². The first-order valence-electron chi connectivity index (χ1n) is 7.45. The van der Waals surface area contributed by atoms with Crippen molar-refractivity contribution in [3.05, 3.63) is 59.1 Å². The molecule has 0 saturated carbocycles. The molecule has 0 amide bonds. The van der Waals surface area contributed by atoms with Crippen molar-refractivity contribution < 1.29 is 22.7 Å². The molecule has 0 aromatic heterocycles. The quantitative estimate of drug-likeness (QED) is 0.709. The van der Waals surface area contributed by atoms with Gasteiger partial charge in [0.25, 0.3) is 0 Å². The molecule has 2 aromatic carbocycles. The van der Waals surface area contributed by atoms with Gasteiger partial charge in [-0.05, 0) is 30.3 Å². The SMILES string of the molecule is COc1ccccc1COC(=O)CCNS(=O)(=O)c1ccc(Cl)cc1. The molecule has 0 aliphatic heterocycles. The number of ether oxygens (including phenoxy) is 2. The second kappa shape index (κ2) is 8.84. The van der Waals surface area contributed by atoms with Crippen molar-refractivity contribution in [3.8, 4) is 5.75 Å². The smallest absolute Gasteiger partial charge is 0.307 e. The molecule has 0 saturated heterocycles. The third kappa shape index (κ3) is 5.74. The summed E-state index contributed by atoms with van der Waals surface area (Å²) < 4.78 is 36.8. The summed E-state index contributed by atoms with van der Waals surface area (Å²) in [5, 5.41) is 0.443. The van der Waals surface area contributed by atoms with Crippen LogP contribution in [0.1, 0.15) is 12.0 Å². The summed E-state index contributed by atoms with van der Waals surface area (Å²) in [6, 6.07) is 12.9. The third-order valence-corrected chi connectivity index (χ3v) is 5.06. The van der Waals surface area contributed by atoms with Crippen molar-refractivity contribution >= 4 is 27.6 Å². The van der Waals surface area contributed by atoms with Gasteiger partial charge in [0, 0.05) is 17.1 Å². The number of nitrogens with one attached hydrogen (secondary N) is 1. The molecule has 0 aliphatic carbocycles. The lowest BCUT2D eigenvalue weighted by molar-refractivity contribution is -0.144. The first-order chi connectivity index (χ1) is 11.9. The van der Waals surface area contributed by atoms with E-state index in [1.165, 1.54) is 31.4 Å². The van der Waals surface area contributed by atoms with Gasteiger partial charge in [-0.1, -0.05) is 29.8 Å². The van der Waals surface area contributed by atoms with E-state index in [0.717, 1.165) is 5.56 Å². The summed E-state index contributed by atoms with van der Waals surface area (Å²) in [7, 11) is -2.15. The molecule has 134 valence electrons. The van der Waals surface area contributed by atoms with Gasteiger partial charge in [-0.2, -0.15) is 0 Å². The standard InChI is InChI=1S/C17H18ClNO5S/c1-23-16-5-3-2-4-13(16)12-24-17(20)10-11-19-25(21,22)15-8-6-14(18)7-9-15/h2-9,19H,10-12H2,1H3. The lowest BCUT2D eigenvalue weighted by Crippen LogP contribution is -2.26. The Labute approximate surface area is 151 Å². The van der Waals surface area contributed by atoms with Crippen LogP contribution in [0.4, 0.5) is 0 Å². The number of rotatable bonds is 8. The number of para-hydroxylation sites is 1. The Morgan fingerprint density at radius 1 is 1.12 bits per heavy atom. The van der Waals surface area contributed by atoms with Gasteiger partial charge >= 0.3 is 5.97 Å². The normalized spacial score (nSPS) is 11.1. The van der Waals surface area contributed by atoms with E-state index >= 15 is 0 Å². The zero-order valence-electron chi connectivity index (χ0n) is 13.6. The molecule has 0 heterocycles. The van der Waals surface area contributed by atoms with Gasteiger partial charge in [-0.25, -0.2) is 13.1 Å². The van der Waals surface area contributed by atoms with E-state index < -0.39 is 16.0 Å². The predicted octanol–water partition coefficient (Wildman–Crippen LogP) is 2.76. The van der Waals surface area contributed by atoms with E-state index in [9.17, 15) is 13.2 Å². The molecule has 0 spiro atoms. The van der Waals surface area contributed by atoms with Crippen LogP contribution in [0, 0.1) is 0 Å². The molecule has 0 fully saturated rings. The van der Waals surface area contributed by atoms with Gasteiger partial charge in [-0.3, -0.25) is 4.79 Å². The number of hydrogen-bond acceptors (Lipinski definition) is 5. The summed E-state index contributed by atoms with van der Waals surface area (Å²) >= 11 is 5.73. The Hall–Kier alpha value is -2.09. The minimum atomic E-state index is -3.69. The molecule has 0 radical (unpaired) electrons. The number of carbonyl (C=O) groups is 1. The van der Waals surface area contributed by atoms with Crippen molar-refractivity contribution in [3.63, 3.8) is 0 Å². The largest absolute Gasteiger partial charge is 0.496 e. The highest BCUT2D eigenvalue weighted by atomic mass is 35.5. The van der Waals surface area contributed by atoms with Gasteiger partial charge in [0.1, 0.15) is 12.4 Å². The van der Waals surface area contributed by atoms with Crippen LogP contribution in [0.3, 0.4) is 0 Å². The fraction of sp³-hybridized carbons (Fsp3) is 0.235. The monoisotopic (exact) mass is 383 g/mol. The van der Waals surface area contributed by atoms with Gasteiger partial charge in [-0.15, -0.1) is 0 Å². The minimum Gasteiger partial charge on any atom is -0.496 e. The summed E-state index contributed by atoms with van der Waals surface area (Å²) in [5.41, 5.74) is 0.736. The number of benzene rings is 2. The Bertz CT molecular complexity index is 821. The van der Waals surface area contributed by atoms with Gasteiger partial charge in [0.05, 0.1) is 18.4 Å². The highest BCUT2D eigenvalue weighted by Crippen LogP contribution is 2.18. The topological polar surface area (TPSA) is 81.7 Å². The van der Waals surface area contributed by atoms with Gasteiger partial charge < -0.3 is 9.47 Å². The molecule has 0 unspecified atom stereocenters. The highest BCUT2D eigenvalue weighted by molar-refractivity contribution is 7.89. The second-order valence-corrected chi connectivity index (χ2v) is 7.28. The van der Waals surface area contributed by atoms with Crippen molar-refractivity contribution in [1.82, 2.24) is 4.72 Å². The average Bonchev–Trinajstić information content (AvgIpc) is 2.60. The maximum atomic E-state index is 12.1. The van der Waals surface area contributed by atoms with Crippen LogP contribution in [0.2, 0.25) is 5.02 Å². The zero-order chi connectivity index (χ0) is 18.3. The van der Waals surface area contributed by atoms with E-state index in [4.69, 9.17) is 21.1 Å². The number of esters is 1. The Morgan fingerprint density at radius 3 is 2.48 bits per heavy atom. The predicted molar refractivity (Wildman–Crippen MR) is 94.0 cm³/mol. The number of sulfonamides is 1. The fourth-order valence-corrected chi connectivity index (χ4v) is 3.19. The van der Waals surface area contributed by atoms with Crippen LogP contribution in [0.15, 0.2) is 53.4 Å². The first kappa shape index (κ1) is 19.2. The Morgan fingerprint density at radius 2 is 1.80 bits per heavy atom. The van der Waals surface area contributed by atoms with Crippen LogP contribution in [-0.4, -0.2) is 28.0 Å². The van der Waals surface area contributed by atoms with Crippen molar-refractivity contribution in [2.45, 2.75) is 17.9 Å². The molecule has 25 heavy (non-hydrogen) atoms. The Balaban J connectivity index is 1.81. The zero-order valence-corrected chi connectivity index (χ0v) is 15.1. The van der Waals surface area contributed by atoms with E-state index in [2.05, 4.69) is 4.72 Å². The molecule has 2 aromatic rings. The van der Waals surface area contributed by atoms with Gasteiger partial charge in [0.15, 0.2) is 0 Å². The van der Waals surface area contributed by atoms with E-state index in [1.807, 2.05) is 12.1 Å². The number of hydrogen-bond donors (Lipinski definition) is 1. The molecule has 0 atom stereocenters. The molecule has 8 heteroatoms. The average molecular weight is 384 g/mol.